The summed E-state index contributed by atoms with van der Waals surface area (Å²) in [4.78, 5) is 5.50. The number of thiazole rings is 1. The summed E-state index contributed by atoms with van der Waals surface area (Å²) in [5.41, 5.74) is 9.23. The summed E-state index contributed by atoms with van der Waals surface area (Å²) in [7, 11) is 0. The minimum Gasteiger partial charge on any atom is -0.379 e. The molecule has 0 spiro atoms. The number of ether oxygens (including phenoxy) is 1. The molecular formula is C11H17N5OS. The molecule has 0 aromatic carbocycles. The molecule has 0 aliphatic heterocycles. The van der Waals surface area contributed by atoms with Crippen LogP contribution in [0.25, 0.3) is 0 Å². The second-order valence-corrected chi connectivity index (χ2v) is 4.84. The number of aryl methyl sites for hydroxylation is 1. The Labute approximate surface area is 110 Å². The van der Waals surface area contributed by atoms with Crippen molar-refractivity contribution >= 4 is 11.3 Å². The second kappa shape index (κ2) is 6.58. The molecule has 2 rings (SSSR count). The minimum absolute atomic E-state index is 0.422. The largest absolute Gasteiger partial charge is 0.379 e. The zero-order valence-corrected chi connectivity index (χ0v) is 11.2. The molecule has 2 heterocycles. The van der Waals surface area contributed by atoms with Gasteiger partial charge in [0.15, 0.2) is 0 Å². The van der Waals surface area contributed by atoms with Crippen LogP contribution in [0.1, 0.15) is 16.3 Å². The lowest BCUT2D eigenvalue weighted by Crippen LogP contribution is -2.08. The predicted molar refractivity (Wildman–Crippen MR) is 69.3 cm³/mol. The normalized spacial score (nSPS) is 11.0. The van der Waals surface area contributed by atoms with E-state index in [9.17, 15) is 0 Å². The van der Waals surface area contributed by atoms with Gasteiger partial charge in [0.1, 0.15) is 0 Å². The van der Waals surface area contributed by atoms with Crippen molar-refractivity contribution in [3.05, 3.63) is 28.0 Å². The fraction of sp³-hybridized carbons (Fsp3) is 0.545. The van der Waals surface area contributed by atoms with Crippen LogP contribution in [-0.2, 0) is 24.2 Å². The summed E-state index contributed by atoms with van der Waals surface area (Å²) in [5, 5.41) is 7.86. The Bertz CT molecular complexity index is 481. The van der Waals surface area contributed by atoms with Gasteiger partial charge in [-0.3, -0.25) is 0 Å². The van der Waals surface area contributed by atoms with Crippen LogP contribution in [0.2, 0.25) is 0 Å². The fourth-order valence-electron chi connectivity index (χ4n) is 1.53. The molecule has 0 atom stereocenters. The van der Waals surface area contributed by atoms with E-state index < -0.39 is 0 Å². The van der Waals surface area contributed by atoms with E-state index in [0.717, 1.165) is 17.8 Å². The molecular weight excluding hydrogens is 250 g/mol. The van der Waals surface area contributed by atoms with E-state index in [1.165, 1.54) is 4.88 Å². The molecule has 0 fully saturated rings. The van der Waals surface area contributed by atoms with Gasteiger partial charge in [0.2, 0.25) is 0 Å². The molecule has 7 heteroatoms. The van der Waals surface area contributed by atoms with Crippen molar-refractivity contribution in [1.29, 1.82) is 0 Å². The molecule has 18 heavy (non-hydrogen) atoms. The number of aromatic nitrogens is 4. The first-order valence-corrected chi connectivity index (χ1v) is 6.73. The van der Waals surface area contributed by atoms with Crippen LogP contribution < -0.4 is 5.73 Å². The zero-order chi connectivity index (χ0) is 12.8. The topological polar surface area (TPSA) is 78.9 Å². The Morgan fingerprint density at radius 1 is 1.44 bits per heavy atom. The molecule has 0 saturated carbocycles. The van der Waals surface area contributed by atoms with Crippen molar-refractivity contribution in [2.45, 2.75) is 26.4 Å². The molecule has 2 aromatic heterocycles. The lowest BCUT2D eigenvalue weighted by Gasteiger charge is -2.03. The van der Waals surface area contributed by atoms with Crippen LogP contribution in [0.3, 0.4) is 0 Å². The third kappa shape index (κ3) is 3.59. The zero-order valence-electron chi connectivity index (χ0n) is 10.4. The number of rotatable bonds is 7. The average molecular weight is 267 g/mol. The standard InChI is InChI=1S/C11H17N5OS/c1-9-11(18-8-13-9)2-4-17-5-3-16-7-10(6-12)14-15-16/h7-8H,2-6,12H2,1H3. The third-order valence-corrected chi connectivity index (χ3v) is 3.57. The monoisotopic (exact) mass is 267 g/mol. The highest BCUT2D eigenvalue weighted by Gasteiger charge is 2.01. The third-order valence-electron chi connectivity index (χ3n) is 2.58. The SMILES string of the molecule is Cc1ncsc1CCOCCn1cc(CN)nn1. The van der Waals surface area contributed by atoms with Crippen LogP contribution in [-0.4, -0.2) is 33.2 Å². The van der Waals surface area contributed by atoms with Crippen molar-refractivity contribution in [1.82, 2.24) is 20.0 Å². The van der Waals surface area contributed by atoms with Crippen LogP contribution >= 0.6 is 11.3 Å². The summed E-state index contributed by atoms with van der Waals surface area (Å²) >= 11 is 1.68. The van der Waals surface area contributed by atoms with E-state index in [-0.39, 0.29) is 0 Å². The van der Waals surface area contributed by atoms with Crippen molar-refractivity contribution in [2.75, 3.05) is 13.2 Å². The van der Waals surface area contributed by atoms with E-state index in [1.54, 1.807) is 16.0 Å². The first-order valence-electron chi connectivity index (χ1n) is 5.85. The second-order valence-electron chi connectivity index (χ2n) is 3.90. The van der Waals surface area contributed by atoms with E-state index in [4.69, 9.17) is 10.5 Å². The Hall–Kier alpha value is -1.31. The maximum absolute atomic E-state index is 5.57. The van der Waals surface area contributed by atoms with Gasteiger partial charge < -0.3 is 10.5 Å². The van der Waals surface area contributed by atoms with Crippen molar-refractivity contribution in [2.24, 2.45) is 5.73 Å². The van der Waals surface area contributed by atoms with E-state index >= 15 is 0 Å². The number of hydrogen-bond acceptors (Lipinski definition) is 6. The molecule has 6 nitrogen and oxygen atoms in total. The molecule has 0 amide bonds. The number of nitrogens with zero attached hydrogens (tertiary/aromatic N) is 4. The first-order chi connectivity index (χ1) is 8.79. The van der Waals surface area contributed by atoms with Crippen LogP contribution in [0.4, 0.5) is 0 Å². The Morgan fingerprint density at radius 2 is 2.33 bits per heavy atom. The Kier molecular flexibility index (Phi) is 4.80. The van der Waals surface area contributed by atoms with Gasteiger partial charge in [-0.15, -0.1) is 16.4 Å². The van der Waals surface area contributed by atoms with Gasteiger partial charge in [-0.2, -0.15) is 0 Å². The predicted octanol–water partition coefficient (Wildman–Crippen LogP) is 0.761. The lowest BCUT2D eigenvalue weighted by atomic mass is 10.3. The Morgan fingerprint density at radius 3 is 3.00 bits per heavy atom. The average Bonchev–Trinajstić information content (AvgIpc) is 2.98. The van der Waals surface area contributed by atoms with Crippen molar-refractivity contribution in [3.8, 4) is 0 Å². The molecule has 0 aliphatic rings. The molecule has 98 valence electrons. The van der Waals surface area contributed by atoms with Gasteiger partial charge in [-0.1, -0.05) is 5.21 Å². The van der Waals surface area contributed by atoms with Gasteiger partial charge in [-0.05, 0) is 6.92 Å². The summed E-state index contributed by atoms with van der Waals surface area (Å²) in [5.74, 6) is 0. The van der Waals surface area contributed by atoms with Gasteiger partial charge in [-0.25, -0.2) is 9.67 Å². The lowest BCUT2D eigenvalue weighted by molar-refractivity contribution is 0.126. The molecule has 2 aromatic rings. The van der Waals surface area contributed by atoms with Gasteiger partial charge in [0.25, 0.3) is 0 Å². The summed E-state index contributed by atoms with van der Waals surface area (Å²) in [6.45, 7) is 4.49. The van der Waals surface area contributed by atoms with Gasteiger partial charge in [0, 0.05) is 24.0 Å². The first kappa shape index (κ1) is 13.1. The smallest absolute Gasteiger partial charge is 0.0962 e. The molecule has 0 saturated heterocycles. The van der Waals surface area contributed by atoms with Crippen LogP contribution in [0.15, 0.2) is 11.7 Å². The van der Waals surface area contributed by atoms with Crippen molar-refractivity contribution in [3.63, 3.8) is 0 Å². The fourth-order valence-corrected chi connectivity index (χ4v) is 2.29. The van der Waals surface area contributed by atoms with Crippen molar-refractivity contribution < 1.29 is 4.74 Å². The minimum atomic E-state index is 0.422. The highest BCUT2D eigenvalue weighted by Crippen LogP contribution is 2.12. The highest BCUT2D eigenvalue weighted by molar-refractivity contribution is 7.09. The maximum atomic E-state index is 5.57. The molecule has 2 N–H and O–H groups in total. The number of nitrogens with two attached hydrogens (primary N) is 1. The van der Waals surface area contributed by atoms with E-state index in [1.807, 2.05) is 18.6 Å². The summed E-state index contributed by atoms with van der Waals surface area (Å²) in [6.07, 6.45) is 2.76. The van der Waals surface area contributed by atoms with Crippen LogP contribution in [0, 0.1) is 6.92 Å². The molecule has 0 aliphatic carbocycles. The van der Waals surface area contributed by atoms with Gasteiger partial charge in [0.05, 0.1) is 36.7 Å². The van der Waals surface area contributed by atoms with E-state index in [0.29, 0.717) is 26.3 Å². The Balaban J connectivity index is 1.63. The maximum Gasteiger partial charge on any atom is 0.0962 e. The van der Waals surface area contributed by atoms with Gasteiger partial charge >= 0.3 is 0 Å². The van der Waals surface area contributed by atoms with Crippen LogP contribution in [0.5, 0.6) is 0 Å². The molecule has 0 bridgehead atoms. The molecule has 0 radical (unpaired) electrons. The molecule has 0 unspecified atom stereocenters. The summed E-state index contributed by atoms with van der Waals surface area (Å²) < 4.78 is 7.32. The number of hydrogen-bond donors (Lipinski definition) is 1. The van der Waals surface area contributed by atoms with E-state index in [2.05, 4.69) is 15.3 Å². The summed E-state index contributed by atoms with van der Waals surface area (Å²) in [6, 6.07) is 0. The quantitative estimate of drug-likeness (QED) is 0.749. The highest BCUT2D eigenvalue weighted by atomic mass is 32.1.